The zero-order valence-corrected chi connectivity index (χ0v) is 14.8. The molecule has 0 fully saturated rings. The summed E-state index contributed by atoms with van der Waals surface area (Å²) in [5.74, 6) is 0.529. The minimum Gasteiger partial charge on any atom is -0.324 e. The molecule has 2 aromatic carbocycles. The largest absolute Gasteiger partial charge is 0.324 e. The maximum absolute atomic E-state index is 13.9. The Kier molecular flexibility index (Phi) is 5.08. The lowest BCUT2D eigenvalue weighted by atomic mass is 10.1. The molecular formula is C17H15BrFN5O. The highest BCUT2D eigenvalue weighted by molar-refractivity contribution is 9.10. The summed E-state index contributed by atoms with van der Waals surface area (Å²) >= 11 is 3.18. The highest BCUT2D eigenvalue weighted by atomic mass is 79.9. The van der Waals surface area contributed by atoms with E-state index in [0.29, 0.717) is 16.1 Å². The fraction of sp³-hybridized carbons (Fsp3) is 0.118. The first kappa shape index (κ1) is 17.1. The van der Waals surface area contributed by atoms with Gasteiger partial charge in [0.25, 0.3) is 0 Å². The number of nitrogens with zero attached hydrogens (tertiary/aromatic N) is 2. The molecule has 2 amide bonds. The number of amides is 2. The number of carbonyl (C=O) groups is 1. The summed E-state index contributed by atoms with van der Waals surface area (Å²) in [7, 11) is 0. The molecule has 25 heavy (non-hydrogen) atoms. The van der Waals surface area contributed by atoms with Gasteiger partial charge in [-0.2, -0.15) is 5.10 Å². The Morgan fingerprint density at radius 3 is 2.64 bits per heavy atom. The molecule has 1 atom stereocenters. The Hall–Kier alpha value is -2.74. The van der Waals surface area contributed by atoms with Crippen LogP contribution in [0.1, 0.15) is 23.3 Å². The van der Waals surface area contributed by atoms with Crippen molar-refractivity contribution in [3.8, 4) is 0 Å². The van der Waals surface area contributed by atoms with Crippen molar-refractivity contribution in [2.75, 3.05) is 5.32 Å². The topological polar surface area (TPSA) is 82.7 Å². The van der Waals surface area contributed by atoms with E-state index in [2.05, 4.69) is 41.7 Å². The molecule has 3 N–H and O–H groups in total. The highest BCUT2D eigenvalue weighted by Crippen LogP contribution is 2.21. The van der Waals surface area contributed by atoms with Gasteiger partial charge in [0.1, 0.15) is 17.7 Å². The lowest BCUT2D eigenvalue weighted by Crippen LogP contribution is -2.34. The van der Waals surface area contributed by atoms with Crippen LogP contribution < -0.4 is 10.6 Å². The molecule has 0 aliphatic carbocycles. The Labute approximate surface area is 152 Å². The fourth-order valence-corrected chi connectivity index (χ4v) is 2.65. The molecule has 6 nitrogen and oxygen atoms in total. The second-order valence-corrected chi connectivity index (χ2v) is 6.26. The van der Waals surface area contributed by atoms with Gasteiger partial charge in [0.05, 0.1) is 5.69 Å². The van der Waals surface area contributed by atoms with Crippen LogP contribution in [0.15, 0.2) is 53.0 Å². The Morgan fingerprint density at radius 1 is 1.24 bits per heavy atom. The van der Waals surface area contributed by atoms with Crippen LogP contribution in [0.3, 0.4) is 0 Å². The Morgan fingerprint density at radius 2 is 2.00 bits per heavy atom. The molecule has 128 valence electrons. The lowest BCUT2D eigenvalue weighted by Gasteiger charge is -2.17. The monoisotopic (exact) mass is 403 g/mol. The number of urea groups is 1. The number of H-pyrrole nitrogens is 1. The van der Waals surface area contributed by atoms with Crippen molar-refractivity contribution in [1.29, 1.82) is 0 Å². The third kappa shape index (κ3) is 4.21. The summed E-state index contributed by atoms with van der Waals surface area (Å²) in [6.45, 7) is 1.77. The van der Waals surface area contributed by atoms with E-state index in [1.165, 1.54) is 12.1 Å². The van der Waals surface area contributed by atoms with Crippen LogP contribution >= 0.6 is 15.9 Å². The maximum Gasteiger partial charge on any atom is 0.320 e. The van der Waals surface area contributed by atoms with Gasteiger partial charge in [0.2, 0.25) is 0 Å². The zero-order chi connectivity index (χ0) is 17.8. The normalized spacial score (nSPS) is 11.8. The molecule has 0 bridgehead atoms. The number of aryl methyl sites for hydroxylation is 1. The minimum absolute atomic E-state index is 0.0821. The molecular weight excluding hydrogens is 389 g/mol. The van der Waals surface area contributed by atoms with Crippen molar-refractivity contribution in [1.82, 2.24) is 20.5 Å². The van der Waals surface area contributed by atoms with Gasteiger partial charge in [-0.3, -0.25) is 5.10 Å². The number of nitrogens with one attached hydrogen (secondary N) is 3. The Balaban J connectivity index is 1.81. The molecule has 3 aromatic rings. The molecule has 0 spiro atoms. The van der Waals surface area contributed by atoms with Crippen molar-refractivity contribution in [3.05, 3.63) is 76.0 Å². The summed E-state index contributed by atoms with van der Waals surface area (Å²) in [4.78, 5) is 16.6. The van der Waals surface area contributed by atoms with Gasteiger partial charge in [0, 0.05) is 4.47 Å². The second-order valence-electron chi connectivity index (χ2n) is 5.35. The van der Waals surface area contributed by atoms with Crippen molar-refractivity contribution in [2.24, 2.45) is 0 Å². The van der Waals surface area contributed by atoms with Gasteiger partial charge >= 0.3 is 6.03 Å². The second kappa shape index (κ2) is 7.43. The molecule has 0 saturated heterocycles. The number of hydrogen-bond acceptors (Lipinski definition) is 3. The van der Waals surface area contributed by atoms with Crippen LogP contribution in [0.25, 0.3) is 0 Å². The fourth-order valence-electron chi connectivity index (χ4n) is 2.31. The predicted molar refractivity (Wildman–Crippen MR) is 95.7 cm³/mol. The van der Waals surface area contributed by atoms with Crippen LogP contribution in [0.4, 0.5) is 14.9 Å². The number of aromatic amines is 1. The van der Waals surface area contributed by atoms with Gasteiger partial charge < -0.3 is 10.6 Å². The average molecular weight is 404 g/mol. The zero-order valence-electron chi connectivity index (χ0n) is 13.3. The maximum atomic E-state index is 13.9. The van der Waals surface area contributed by atoms with E-state index < -0.39 is 17.9 Å². The van der Waals surface area contributed by atoms with Crippen LogP contribution in [-0.4, -0.2) is 21.2 Å². The number of benzene rings is 2. The summed E-state index contributed by atoms with van der Waals surface area (Å²) < 4.78 is 14.5. The average Bonchev–Trinajstić information content (AvgIpc) is 3.02. The van der Waals surface area contributed by atoms with Gasteiger partial charge in [-0.1, -0.05) is 46.3 Å². The summed E-state index contributed by atoms with van der Waals surface area (Å²) in [6, 6.07) is 12.6. The number of hydrogen-bond donors (Lipinski definition) is 3. The van der Waals surface area contributed by atoms with Crippen molar-refractivity contribution in [2.45, 2.75) is 13.0 Å². The van der Waals surface area contributed by atoms with Crippen molar-refractivity contribution >= 4 is 27.6 Å². The van der Waals surface area contributed by atoms with Crippen molar-refractivity contribution in [3.63, 3.8) is 0 Å². The van der Waals surface area contributed by atoms with Crippen LogP contribution in [0.5, 0.6) is 0 Å². The van der Waals surface area contributed by atoms with E-state index >= 15 is 0 Å². The molecule has 0 radical (unpaired) electrons. The minimum atomic E-state index is -0.565. The number of halogens is 2. The predicted octanol–water partition coefficient (Wildman–Crippen LogP) is 3.93. The van der Waals surface area contributed by atoms with E-state index in [1.807, 2.05) is 30.3 Å². The third-order valence-electron chi connectivity index (χ3n) is 3.46. The lowest BCUT2D eigenvalue weighted by molar-refractivity contribution is 0.249. The quantitative estimate of drug-likeness (QED) is 0.617. The van der Waals surface area contributed by atoms with E-state index in [9.17, 15) is 9.18 Å². The van der Waals surface area contributed by atoms with Gasteiger partial charge in [-0.25, -0.2) is 14.2 Å². The van der Waals surface area contributed by atoms with Gasteiger partial charge in [-0.15, -0.1) is 0 Å². The Bertz CT molecular complexity index is 884. The molecule has 1 heterocycles. The highest BCUT2D eigenvalue weighted by Gasteiger charge is 2.21. The molecule has 1 aromatic heterocycles. The molecule has 1 unspecified atom stereocenters. The van der Waals surface area contributed by atoms with Crippen LogP contribution in [0.2, 0.25) is 0 Å². The van der Waals surface area contributed by atoms with Crippen molar-refractivity contribution < 1.29 is 9.18 Å². The van der Waals surface area contributed by atoms with Crippen LogP contribution in [-0.2, 0) is 0 Å². The number of aromatic nitrogens is 3. The van der Waals surface area contributed by atoms with Gasteiger partial charge in [-0.05, 0) is 30.7 Å². The standard InChI is InChI=1S/C17H15BrFN5O/c1-10-20-16(24-23-10)15(11-5-3-2-4-6-11)22-17(25)21-14-8-7-12(18)9-13(14)19/h2-9,15H,1H3,(H,20,23,24)(H2,21,22,25). The van der Waals surface area contributed by atoms with Gasteiger partial charge in [0.15, 0.2) is 5.82 Å². The number of rotatable bonds is 4. The van der Waals surface area contributed by atoms with E-state index in [1.54, 1.807) is 13.0 Å². The first-order chi connectivity index (χ1) is 12.0. The van der Waals surface area contributed by atoms with E-state index in [-0.39, 0.29) is 5.69 Å². The summed E-state index contributed by atoms with van der Waals surface area (Å²) in [5.41, 5.74) is 0.895. The third-order valence-corrected chi connectivity index (χ3v) is 3.95. The first-order valence-electron chi connectivity index (χ1n) is 7.49. The van der Waals surface area contributed by atoms with E-state index in [0.717, 1.165) is 5.56 Å². The summed E-state index contributed by atoms with van der Waals surface area (Å²) in [6.07, 6.45) is 0. The smallest absolute Gasteiger partial charge is 0.320 e. The molecule has 8 heteroatoms. The molecule has 0 aliphatic heterocycles. The number of carbonyl (C=O) groups excluding carboxylic acids is 1. The molecule has 0 aliphatic rings. The molecule has 0 saturated carbocycles. The van der Waals surface area contributed by atoms with Crippen LogP contribution in [0, 0.1) is 12.7 Å². The van der Waals surface area contributed by atoms with E-state index in [4.69, 9.17) is 0 Å². The summed E-state index contributed by atoms with van der Waals surface area (Å²) in [5, 5.41) is 12.2. The first-order valence-corrected chi connectivity index (χ1v) is 8.28. The SMILES string of the molecule is Cc1nc(C(NC(=O)Nc2ccc(Br)cc2F)c2ccccc2)n[nH]1. The number of anilines is 1. The molecule has 3 rings (SSSR count).